The number of ether oxygens (including phenoxy) is 1. The van der Waals surface area contributed by atoms with Gasteiger partial charge in [0.05, 0.1) is 36.0 Å². The van der Waals surface area contributed by atoms with E-state index in [0.29, 0.717) is 5.06 Å². The molecule has 2 aliphatic heterocycles. The Kier molecular flexibility index (Phi) is 5.24. The third-order valence-corrected chi connectivity index (χ3v) is 6.15. The number of benzene rings is 1. The highest BCUT2D eigenvalue weighted by Gasteiger charge is 2.34. The van der Waals surface area contributed by atoms with Crippen LogP contribution >= 0.6 is 0 Å². The van der Waals surface area contributed by atoms with Crippen LogP contribution in [0.4, 0.5) is 20.6 Å². The molecule has 2 saturated heterocycles. The smallest absolute Gasteiger partial charge is 0.414 e. The molecule has 3 rings (SSSR count). The summed E-state index contributed by atoms with van der Waals surface area (Å²) in [6, 6.07) is 4.23. The molecule has 11 heteroatoms. The topological polar surface area (TPSA) is 107 Å². The molecule has 2 amide bonds. The molecule has 2 fully saturated rings. The van der Waals surface area contributed by atoms with Crippen molar-refractivity contribution in [2.75, 3.05) is 47.5 Å². The first-order chi connectivity index (χ1) is 12.7. The Morgan fingerprint density at radius 2 is 2.04 bits per heavy atom. The number of rotatable bonds is 4. The maximum absolute atomic E-state index is 14.6. The number of hydrogen-bond donors (Lipinski definition) is 1. The number of carbonyl (C=O) groups excluding carboxylic acids is 2. The van der Waals surface area contributed by atoms with E-state index in [9.17, 15) is 27.6 Å². The Bertz CT molecular complexity index is 848. The normalized spacial score (nSPS) is 21.9. The monoisotopic (exact) mass is 401 g/mol. The zero-order valence-electron chi connectivity index (χ0n) is 14.7. The van der Waals surface area contributed by atoms with E-state index >= 15 is 0 Å². The highest BCUT2D eigenvalue weighted by molar-refractivity contribution is 7.91. The Morgan fingerprint density at radius 3 is 2.63 bits per heavy atom. The maximum atomic E-state index is 14.6. The van der Waals surface area contributed by atoms with E-state index < -0.39 is 33.8 Å². The van der Waals surface area contributed by atoms with Crippen LogP contribution in [0.5, 0.6) is 0 Å². The summed E-state index contributed by atoms with van der Waals surface area (Å²) < 4.78 is 42.7. The Balaban J connectivity index is 1.70. The maximum Gasteiger partial charge on any atom is 0.414 e. The average molecular weight is 401 g/mol. The van der Waals surface area contributed by atoms with E-state index in [4.69, 9.17) is 4.74 Å². The van der Waals surface area contributed by atoms with Gasteiger partial charge >= 0.3 is 6.09 Å². The van der Waals surface area contributed by atoms with E-state index in [2.05, 4.69) is 0 Å². The lowest BCUT2D eigenvalue weighted by atomic mass is 10.2. The van der Waals surface area contributed by atoms with E-state index in [1.54, 1.807) is 11.0 Å². The third kappa shape index (κ3) is 4.30. The van der Waals surface area contributed by atoms with Crippen LogP contribution in [0.3, 0.4) is 0 Å². The van der Waals surface area contributed by atoms with Crippen LogP contribution < -0.4 is 9.80 Å². The summed E-state index contributed by atoms with van der Waals surface area (Å²) in [6.45, 7) is 1.48. The molecule has 2 heterocycles. The number of cyclic esters (lactones) is 1. The predicted molar refractivity (Wildman–Crippen MR) is 94.1 cm³/mol. The summed E-state index contributed by atoms with van der Waals surface area (Å²) >= 11 is 0. The number of hydrogen-bond acceptors (Lipinski definition) is 7. The van der Waals surface area contributed by atoms with Gasteiger partial charge in [-0.05, 0) is 18.2 Å². The van der Waals surface area contributed by atoms with Crippen LogP contribution in [0.1, 0.15) is 6.92 Å². The fourth-order valence-electron chi connectivity index (χ4n) is 3.02. The summed E-state index contributed by atoms with van der Waals surface area (Å²) in [5.74, 6) is -1.21. The lowest BCUT2D eigenvalue weighted by Crippen LogP contribution is -2.40. The van der Waals surface area contributed by atoms with Crippen LogP contribution in [0.2, 0.25) is 0 Å². The first-order valence-electron chi connectivity index (χ1n) is 8.36. The molecule has 0 saturated carbocycles. The number of hydroxylamine groups is 2. The highest BCUT2D eigenvalue weighted by atomic mass is 32.2. The van der Waals surface area contributed by atoms with Gasteiger partial charge in [-0.15, -0.1) is 0 Å². The van der Waals surface area contributed by atoms with Gasteiger partial charge in [-0.1, -0.05) is 0 Å². The minimum absolute atomic E-state index is 0.0257. The standard InChI is InChI=1S/C16H20FN3O6S/c1-11(21)20(23)10-13-9-19(16(22)26-13)12-2-3-15(14(17)8-12)18-4-6-27(24,25)7-5-18/h2-3,8,13,23H,4-7,9-10H2,1H3. The molecule has 2 aliphatic rings. The number of amides is 2. The van der Waals surface area contributed by atoms with Crippen LogP contribution in [0.15, 0.2) is 18.2 Å². The predicted octanol–water partition coefficient (Wildman–Crippen LogP) is 0.623. The number of halogens is 1. The van der Waals surface area contributed by atoms with Crippen molar-refractivity contribution in [3.63, 3.8) is 0 Å². The molecule has 0 radical (unpaired) electrons. The highest BCUT2D eigenvalue weighted by Crippen LogP contribution is 2.28. The van der Waals surface area contributed by atoms with Crippen molar-refractivity contribution in [2.24, 2.45) is 0 Å². The van der Waals surface area contributed by atoms with Crippen molar-refractivity contribution < 1.29 is 32.3 Å². The molecule has 9 nitrogen and oxygen atoms in total. The second kappa shape index (κ2) is 7.31. The lowest BCUT2D eigenvalue weighted by Gasteiger charge is -2.29. The summed E-state index contributed by atoms with van der Waals surface area (Å²) in [4.78, 5) is 26.0. The van der Waals surface area contributed by atoms with Gasteiger partial charge in [0.2, 0.25) is 5.91 Å². The van der Waals surface area contributed by atoms with Crippen molar-refractivity contribution in [1.82, 2.24) is 5.06 Å². The van der Waals surface area contributed by atoms with Gasteiger partial charge < -0.3 is 9.64 Å². The van der Waals surface area contributed by atoms with Crippen molar-refractivity contribution in [3.05, 3.63) is 24.0 Å². The summed E-state index contributed by atoms with van der Waals surface area (Å²) in [5.41, 5.74) is 0.552. The lowest BCUT2D eigenvalue weighted by molar-refractivity contribution is -0.166. The first-order valence-corrected chi connectivity index (χ1v) is 10.2. The molecule has 1 atom stereocenters. The van der Waals surface area contributed by atoms with Gasteiger partial charge in [0, 0.05) is 20.0 Å². The molecule has 27 heavy (non-hydrogen) atoms. The molecule has 0 aromatic heterocycles. The molecule has 148 valence electrons. The molecule has 0 spiro atoms. The molecule has 1 aromatic rings. The van der Waals surface area contributed by atoms with Crippen molar-refractivity contribution >= 4 is 33.2 Å². The first kappa shape index (κ1) is 19.4. The SMILES string of the molecule is CC(=O)N(O)CC1CN(c2ccc(N3CCS(=O)(=O)CC3)c(F)c2)C(=O)O1. The fraction of sp³-hybridized carbons (Fsp3) is 0.500. The van der Waals surface area contributed by atoms with Gasteiger partial charge in [0.1, 0.15) is 11.9 Å². The molecule has 0 aliphatic carbocycles. The van der Waals surface area contributed by atoms with Crippen molar-refractivity contribution in [2.45, 2.75) is 13.0 Å². The quantitative estimate of drug-likeness (QED) is 0.582. The van der Waals surface area contributed by atoms with E-state index in [0.717, 1.165) is 0 Å². The van der Waals surface area contributed by atoms with E-state index in [1.807, 2.05) is 0 Å². The van der Waals surface area contributed by atoms with Crippen LogP contribution in [0.25, 0.3) is 0 Å². The Morgan fingerprint density at radius 1 is 1.37 bits per heavy atom. The minimum Gasteiger partial charge on any atom is -0.442 e. The van der Waals surface area contributed by atoms with Crippen LogP contribution in [-0.4, -0.2) is 74.5 Å². The van der Waals surface area contributed by atoms with Gasteiger partial charge in [0.25, 0.3) is 0 Å². The Hall–Kier alpha value is -2.40. The number of carbonyl (C=O) groups is 2. The molecular weight excluding hydrogens is 381 g/mol. The molecule has 1 unspecified atom stereocenters. The fourth-order valence-corrected chi connectivity index (χ4v) is 4.22. The summed E-state index contributed by atoms with van der Waals surface area (Å²) in [6.07, 6.45) is -1.44. The molecule has 0 bridgehead atoms. The number of nitrogens with zero attached hydrogens (tertiary/aromatic N) is 3. The van der Waals surface area contributed by atoms with Gasteiger partial charge in [-0.25, -0.2) is 22.7 Å². The van der Waals surface area contributed by atoms with E-state index in [-0.39, 0.29) is 49.1 Å². The van der Waals surface area contributed by atoms with Crippen molar-refractivity contribution in [3.8, 4) is 0 Å². The zero-order valence-corrected chi connectivity index (χ0v) is 15.5. The van der Waals surface area contributed by atoms with E-state index in [1.165, 1.54) is 24.0 Å². The van der Waals surface area contributed by atoms with Gasteiger partial charge in [-0.3, -0.25) is 14.9 Å². The minimum atomic E-state index is -3.07. The molecule has 1 aromatic carbocycles. The molecule has 1 N–H and O–H groups in total. The largest absolute Gasteiger partial charge is 0.442 e. The van der Waals surface area contributed by atoms with Crippen LogP contribution in [0, 0.1) is 5.82 Å². The number of sulfone groups is 1. The third-order valence-electron chi connectivity index (χ3n) is 4.54. The van der Waals surface area contributed by atoms with Gasteiger partial charge in [0.15, 0.2) is 9.84 Å². The summed E-state index contributed by atoms with van der Waals surface area (Å²) in [7, 11) is -3.07. The average Bonchev–Trinajstić information content (AvgIpc) is 2.95. The Labute approximate surface area is 155 Å². The second-order valence-electron chi connectivity index (χ2n) is 6.49. The second-order valence-corrected chi connectivity index (χ2v) is 8.80. The zero-order chi connectivity index (χ0) is 19.8. The van der Waals surface area contributed by atoms with Gasteiger partial charge in [-0.2, -0.15) is 0 Å². The summed E-state index contributed by atoms with van der Waals surface area (Å²) in [5, 5.41) is 9.91. The van der Waals surface area contributed by atoms with Crippen molar-refractivity contribution in [1.29, 1.82) is 0 Å². The van der Waals surface area contributed by atoms with Crippen LogP contribution in [-0.2, 0) is 19.4 Å². The number of anilines is 2. The molecular formula is C16H20FN3O6S.